The summed E-state index contributed by atoms with van der Waals surface area (Å²) in [6.07, 6.45) is -4.73. The lowest BCUT2D eigenvalue weighted by Crippen LogP contribution is -2.12. The molecule has 2 heterocycles. The van der Waals surface area contributed by atoms with Gasteiger partial charge in [0.05, 0.1) is 11.0 Å². The summed E-state index contributed by atoms with van der Waals surface area (Å²) in [6.45, 7) is 0. The van der Waals surface area contributed by atoms with Crippen molar-refractivity contribution in [1.29, 1.82) is 0 Å². The van der Waals surface area contributed by atoms with Crippen LogP contribution in [-0.4, -0.2) is 30.6 Å². The van der Waals surface area contributed by atoms with E-state index in [1.807, 2.05) is 0 Å². The number of nitrogens with zero attached hydrogens (tertiary/aromatic N) is 5. The van der Waals surface area contributed by atoms with E-state index < -0.39 is 17.7 Å². The third kappa shape index (κ3) is 2.85. The largest absolute Gasteiger partial charge is 0.435 e. The predicted molar refractivity (Wildman–Crippen MR) is 83.1 cm³/mol. The lowest BCUT2D eigenvalue weighted by molar-refractivity contribution is -0.140. The number of aromatic nitrogens is 6. The Kier molecular flexibility index (Phi) is 3.60. The van der Waals surface area contributed by atoms with Crippen LogP contribution in [-0.2, 0) is 6.18 Å². The summed E-state index contributed by atoms with van der Waals surface area (Å²) in [5.74, 6) is -0.258. The Balaban J connectivity index is 1.94. The van der Waals surface area contributed by atoms with Crippen LogP contribution in [0.3, 0.4) is 0 Å². The Hall–Kier alpha value is -3.43. The average Bonchev–Trinajstić information content (AvgIpc) is 3.15. The van der Waals surface area contributed by atoms with Gasteiger partial charge in [0.25, 0.3) is 0 Å². The second-order valence-electron chi connectivity index (χ2n) is 5.38. The molecular formula is C16H8F4N6. The summed E-state index contributed by atoms with van der Waals surface area (Å²) in [4.78, 5) is 7.85. The average molecular weight is 360 g/mol. The SMILES string of the molecule is Fc1ccc(-c2nc3ccc(-c4nnn[nH]4)cc3nc2C(F)(F)F)cc1. The zero-order valence-corrected chi connectivity index (χ0v) is 12.8. The monoisotopic (exact) mass is 360 g/mol. The number of hydrogen-bond acceptors (Lipinski definition) is 5. The fourth-order valence-corrected chi connectivity index (χ4v) is 2.49. The van der Waals surface area contributed by atoms with Crippen LogP contribution in [0.4, 0.5) is 17.6 Å². The van der Waals surface area contributed by atoms with Gasteiger partial charge in [0.2, 0.25) is 0 Å². The molecule has 0 aliphatic rings. The number of nitrogens with one attached hydrogen (secondary N) is 1. The summed E-state index contributed by atoms with van der Waals surface area (Å²) in [6, 6.07) is 9.15. The Morgan fingerprint density at radius 1 is 0.846 bits per heavy atom. The van der Waals surface area contributed by atoms with Gasteiger partial charge in [-0.3, -0.25) is 0 Å². The molecule has 6 nitrogen and oxygen atoms in total. The number of fused-ring (bicyclic) bond motifs is 1. The highest BCUT2D eigenvalue weighted by Gasteiger charge is 2.37. The van der Waals surface area contributed by atoms with Crippen molar-refractivity contribution in [3.05, 3.63) is 54.0 Å². The molecule has 1 N–H and O–H groups in total. The molecule has 4 aromatic rings. The lowest BCUT2D eigenvalue weighted by Gasteiger charge is -2.13. The van der Waals surface area contributed by atoms with Crippen LogP contribution >= 0.6 is 0 Å². The molecule has 0 amide bonds. The van der Waals surface area contributed by atoms with Crippen molar-refractivity contribution in [2.75, 3.05) is 0 Å². The summed E-state index contributed by atoms with van der Waals surface area (Å²) in [7, 11) is 0. The van der Waals surface area contributed by atoms with E-state index in [-0.39, 0.29) is 22.3 Å². The quantitative estimate of drug-likeness (QED) is 0.552. The number of halogens is 4. The van der Waals surface area contributed by atoms with Gasteiger partial charge in [0.15, 0.2) is 11.5 Å². The first kappa shape index (κ1) is 16.1. The highest BCUT2D eigenvalue weighted by molar-refractivity contribution is 5.82. The van der Waals surface area contributed by atoms with Crippen LogP contribution < -0.4 is 0 Å². The molecule has 4 rings (SSSR count). The Morgan fingerprint density at radius 3 is 2.23 bits per heavy atom. The molecule has 0 fully saturated rings. The molecule has 26 heavy (non-hydrogen) atoms. The number of H-pyrrole nitrogens is 1. The molecular weight excluding hydrogens is 352 g/mol. The maximum absolute atomic E-state index is 13.5. The van der Waals surface area contributed by atoms with Crippen molar-refractivity contribution < 1.29 is 17.6 Å². The standard InChI is InChI=1S/C16H8F4N6/c17-10-4-1-8(2-5-10)13-14(16(18,19)20)22-12-7-9(3-6-11(12)21-13)15-23-25-26-24-15/h1-7H,(H,23,24,25,26). The summed E-state index contributed by atoms with van der Waals surface area (Å²) < 4.78 is 53.6. The highest BCUT2D eigenvalue weighted by atomic mass is 19.4. The number of alkyl halides is 3. The molecule has 0 radical (unpaired) electrons. The first-order chi connectivity index (χ1) is 12.4. The van der Waals surface area contributed by atoms with Crippen molar-refractivity contribution in [2.45, 2.75) is 6.18 Å². The lowest BCUT2D eigenvalue weighted by atomic mass is 10.1. The molecule has 0 unspecified atom stereocenters. The molecule has 2 aromatic heterocycles. The fourth-order valence-electron chi connectivity index (χ4n) is 2.49. The summed E-state index contributed by atoms with van der Waals surface area (Å²) in [5.41, 5.74) is -0.620. The van der Waals surface area contributed by atoms with Crippen molar-refractivity contribution in [3.8, 4) is 22.6 Å². The molecule has 10 heteroatoms. The van der Waals surface area contributed by atoms with Gasteiger partial charge in [-0.1, -0.05) is 0 Å². The van der Waals surface area contributed by atoms with Crippen LogP contribution in [0, 0.1) is 5.82 Å². The second-order valence-corrected chi connectivity index (χ2v) is 5.38. The number of hydrogen-bond donors (Lipinski definition) is 1. The molecule has 0 bridgehead atoms. The van der Waals surface area contributed by atoms with Gasteiger partial charge in [-0.25, -0.2) is 19.5 Å². The topological polar surface area (TPSA) is 80.2 Å². The fraction of sp³-hybridized carbons (Fsp3) is 0.0625. The van der Waals surface area contributed by atoms with E-state index in [9.17, 15) is 17.6 Å². The van der Waals surface area contributed by atoms with Crippen molar-refractivity contribution in [3.63, 3.8) is 0 Å². The number of tetrazole rings is 1. The zero-order valence-electron chi connectivity index (χ0n) is 12.8. The van der Waals surface area contributed by atoms with E-state index in [0.29, 0.717) is 11.4 Å². The minimum Gasteiger partial charge on any atom is -0.244 e. The van der Waals surface area contributed by atoms with Gasteiger partial charge < -0.3 is 0 Å². The second kappa shape index (κ2) is 5.83. The van der Waals surface area contributed by atoms with Gasteiger partial charge in [-0.2, -0.15) is 13.2 Å². The van der Waals surface area contributed by atoms with E-state index in [2.05, 4.69) is 30.6 Å². The number of aromatic amines is 1. The van der Waals surface area contributed by atoms with Crippen molar-refractivity contribution in [1.82, 2.24) is 30.6 Å². The van der Waals surface area contributed by atoms with E-state index in [1.165, 1.54) is 24.3 Å². The van der Waals surface area contributed by atoms with Gasteiger partial charge in [0.1, 0.15) is 11.5 Å². The molecule has 0 atom stereocenters. The normalized spacial score (nSPS) is 11.8. The first-order valence-corrected chi connectivity index (χ1v) is 7.31. The first-order valence-electron chi connectivity index (χ1n) is 7.31. The predicted octanol–water partition coefficient (Wildman–Crippen LogP) is 3.63. The Labute approximate surface area is 142 Å². The van der Waals surface area contributed by atoms with Gasteiger partial charge in [0, 0.05) is 11.1 Å². The van der Waals surface area contributed by atoms with Crippen LogP contribution in [0.15, 0.2) is 42.5 Å². The third-order valence-electron chi connectivity index (χ3n) is 3.67. The number of benzene rings is 2. The van der Waals surface area contributed by atoms with E-state index in [0.717, 1.165) is 12.1 Å². The summed E-state index contributed by atoms with van der Waals surface area (Å²) >= 11 is 0. The smallest absolute Gasteiger partial charge is 0.244 e. The maximum Gasteiger partial charge on any atom is 0.435 e. The molecule has 130 valence electrons. The molecule has 2 aromatic carbocycles. The van der Waals surface area contributed by atoms with Crippen LogP contribution in [0.25, 0.3) is 33.7 Å². The van der Waals surface area contributed by atoms with E-state index in [1.54, 1.807) is 6.07 Å². The minimum atomic E-state index is -4.73. The van der Waals surface area contributed by atoms with Crippen LogP contribution in [0.5, 0.6) is 0 Å². The molecule has 0 aliphatic carbocycles. The van der Waals surface area contributed by atoms with Crippen molar-refractivity contribution in [2.24, 2.45) is 0 Å². The minimum absolute atomic E-state index is 0.0390. The molecule has 0 saturated heterocycles. The Bertz CT molecular complexity index is 1070. The zero-order chi connectivity index (χ0) is 18.3. The van der Waals surface area contributed by atoms with Crippen LogP contribution in [0.1, 0.15) is 5.69 Å². The summed E-state index contributed by atoms with van der Waals surface area (Å²) in [5, 5.41) is 13.1. The van der Waals surface area contributed by atoms with E-state index >= 15 is 0 Å². The van der Waals surface area contributed by atoms with Gasteiger partial charge in [-0.05, 0) is 52.9 Å². The maximum atomic E-state index is 13.5. The Morgan fingerprint density at radius 2 is 1.58 bits per heavy atom. The van der Waals surface area contributed by atoms with Gasteiger partial charge in [-0.15, -0.1) is 5.10 Å². The van der Waals surface area contributed by atoms with Crippen molar-refractivity contribution >= 4 is 11.0 Å². The highest BCUT2D eigenvalue weighted by Crippen LogP contribution is 2.36. The molecule has 0 aliphatic heterocycles. The number of rotatable bonds is 2. The van der Waals surface area contributed by atoms with Crippen LogP contribution in [0.2, 0.25) is 0 Å². The van der Waals surface area contributed by atoms with E-state index in [4.69, 9.17) is 0 Å². The molecule has 0 saturated carbocycles. The molecule has 0 spiro atoms. The third-order valence-corrected chi connectivity index (χ3v) is 3.67. The van der Waals surface area contributed by atoms with Gasteiger partial charge >= 0.3 is 6.18 Å².